The highest BCUT2D eigenvalue weighted by Gasteiger charge is 2.21. The van der Waals surface area contributed by atoms with Crippen molar-refractivity contribution in [1.82, 2.24) is 5.32 Å². The van der Waals surface area contributed by atoms with E-state index < -0.39 is 0 Å². The van der Waals surface area contributed by atoms with Gasteiger partial charge in [0, 0.05) is 12.1 Å². The zero-order valence-corrected chi connectivity index (χ0v) is 8.38. The summed E-state index contributed by atoms with van der Waals surface area (Å²) in [5.41, 5.74) is 3.50. The number of hydrogen-bond acceptors (Lipinski definition) is 2. The van der Waals surface area contributed by atoms with Gasteiger partial charge in [0.05, 0.1) is 6.04 Å². The van der Waals surface area contributed by atoms with Crippen LogP contribution < -0.4 is 5.32 Å². The molecule has 0 aromatic heterocycles. The largest absolute Gasteiger partial charge is 0.508 e. The van der Waals surface area contributed by atoms with Crippen LogP contribution >= 0.6 is 0 Å². The van der Waals surface area contributed by atoms with Gasteiger partial charge in [-0.25, -0.2) is 0 Å². The summed E-state index contributed by atoms with van der Waals surface area (Å²) in [6.07, 6.45) is 2.79. The van der Waals surface area contributed by atoms with Crippen molar-refractivity contribution in [3.05, 3.63) is 41.5 Å². The van der Waals surface area contributed by atoms with Gasteiger partial charge in [0.1, 0.15) is 5.75 Å². The normalized spacial score (nSPS) is 20.2. The molecule has 2 rings (SSSR count). The van der Waals surface area contributed by atoms with Crippen LogP contribution in [-0.4, -0.2) is 11.7 Å². The number of aromatic hydroxyl groups is 1. The Bertz CT molecular complexity index is 371. The Kier molecular flexibility index (Phi) is 2.30. The van der Waals surface area contributed by atoms with E-state index in [1.54, 1.807) is 6.07 Å². The summed E-state index contributed by atoms with van der Waals surface area (Å²) in [6, 6.07) is 3.92. The third-order valence-corrected chi connectivity index (χ3v) is 2.84. The van der Waals surface area contributed by atoms with Crippen LogP contribution in [-0.2, 0) is 6.42 Å². The molecule has 0 aliphatic carbocycles. The molecule has 74 valence electrons. The van der Waals surface area contributed by atoms with Crippen molar-refractivity contribution in [3.8, 4) is 5.75 Å². The van der Waals surface area contributed by atoms with Gasteiger partial charge >= 0.3 is 0 Å². The van der Waals surface area contributed by atoms with Crippen molar-refractivity contribution in [3.63, 3.8) is 0 Å². The minimum absolute atomic E-state index is 0.186. The van der Waals surface area contributed by atoms with E-state index in [1.165, 1.54) is 11.1 Å². The first-order chi connectivity index (χ1) is 6.74. The average Bonchev–Trinajstić information content (AvgIpc) is 2.23. The van der Waals surface area contributed by atoms with E-state index in [4.69, 9.17) is 0 Å². The minimum atomic E-state index is 0.186. The predicted octanol–water partition coefficient (Wildman–Crippen LogP) is 2.07. The molecule has 1 aliphatic rings. The molecule has 0 saturated carbocycles. The van der Waals surface area contributed by atoms with Crippen LogP contribution in [0.3, 0.4) is 0 Å². The SMILES string of the molecule is C=CC1NCCc2c(O)ccc(C)c21. The Morgan fingerprint density at radius 1 is 1.57 bits per heavy atom. The highest BCUT2D eigenvalue weighted by molar-refractivity contribution is 5.48. The molecule has 1 aromatic carbocycles. The summed E-state index contributed by atoms with van der Waals surface area (Å²) in [5.74, 6) is 0.416. The lowest BCUT2D eigenvalue weighted by atomic mass is 9.90. The van der Waals surface area contributed by atoms with Crippen LogP contribution in [0.1, 0.15) is 22.7 Å². The third kappa shape index (κ3) is 1.32. The summed E-state index contributed by atoms with van der Waals surface area (Å²) < 4.78 is 0. The molecule has 0 spiro atoms. The van der Waals surface area contributed by atoms with Crippen molar-refractivity contribution in [2.45, 2.75) is 19.4 Å². The van der Waals surface area contributed by atoms with Gasteiger partial charge in [-0.05, 0) is 30.5 Å². The van der Waals surface area contributed by atoms with Crippen LogP contribution in [0, 0.1) is 6.92 Å². The molecule has 0 amide bonds. The number of nitrogens with one attached hydrogen (secondary N) is 1. The van der Waals surface area contributed by atoms with E-state index in [1.807, 2.05) is 12.1 Å². The molecule has 0 bridgehead atoms. The highest BCUT2D eigenvalue weighted by Crippen LogP contribution is 2.32. The van der Waals surface area contributed by atoms with E-state index in [-0.39, 0.29) is 6.04 Å². The van der Waals surface area contributed by atoms with Gasteiger partial charge in [0.25, 0.3) is 0 Å². The summed E-state index contributed by atoms with van der Waals surface area (Å²) in [5, 5.41) is 13.1. The van der Waals surface area contributed by atoms with Gasteiger partial charge in [-0.2, -0.15) is 0 Å². The first-order valence-corrected chi connectivity index (χ1v) is 4.91. The van der Waals surface area contributed by atoms with Crippen LogP contribution in [0.15, 0.2) is 24.8 Å². The third-order valence-electron chi connectivity index (χ3n) is 2.84. The molecule has 1 aromatic rings. The molecule has 14 heavy (non-hydrogen) atoms. The lowest BCUT2D eigenvalue weighted by molar-refractivity contribution is 0.456. The Hall–Kier alpha value is -1.28. The maximum absolute atomic E-state index is 9.73. The molecular formula is C12H15NO. The fourth-order valence-corrected chi connectivity index (χ4v) is 2.12. The number of fused-ring (bicyclic) bond motifs is 1. The van der Waals surface area contributed by atoms with E-state index in [9.17, 15) is 5.11 Å². The number of phenolic OH excluding ortho intramolecular Hbond substituents is 1. The van der Waals surface area contributed by atoms with E-state index in [0.29, 0.717) is 5.75 Å². The molecule has 0 radical (unpaired) electrons. The highest BCUT2D eigenvalue weighted by atomic mass is 16.3. The minimum Gasteiger partial charge on any atom is -0.508 e. The molecule has 2 nitrogen and oxygen atoms in total. The second-order valence-corrected chi connectivity index (χ2v) is 3.71. The van der Waals surface area contributed by atoms with Gasteiger partial charge in [0.2, 0.25) is 0 Å². The molecule has 1 atom stereocenters. The fourth-order valence-electron chi connectivity index (χ4n) is 2.12. The molecule has 1 unspecified atom stereocenters. The van der Waals surface area contributed by atoms with Gasteiger partial charge in [0.15, 0.2) is 0 Å². The second-order valence-electron chi connectivity index (χ2n) is 3.71. The molecule has 1 heterocycles. The zero-order valence-electron chi connectivity index (χ0n) is 8.38. The zero-order chi connectivity index (χ0) is 10.1. The number of aryl methyl sites for hydroxylation is 1. The Balaban J connectivity index is 2.60. The number of rotatable bonds is 1. The van der Waals surface area contributed by atoms with Crippen LogP contribution in [0.5, 0.6) is 5.75 Å². The predicted molar refractivity (Wildman–Crippen MR) is 57.5 cm³/mol. The molecule has 0 fully saturated rings. The number of benzene rings is 1. The van der Waals surface area contributed by atoms with Gasteiger partial charge < -0.3 is 10.4 Å². The van der Waals surface area contributed by atoms with Gasteiger partial charge in [-0.15, -0.1) is 6.58 Å². The summed E-state index contributed by atoms with van der Waals surface area (Å²) >= 11 is 0. The quantitative estimate of drug-likeness (QED) is 0.663. The first kappa shape index (κ1) is 9.28. The molecule has 2 heteroatoms. The smallest absolute Gasteiger partial charge is 0.119 e. The lowest BCUT2D eigenvalue weighted by Crippen LogP contribution is -2.29. The number of phenols is 1. The van der Waals surface area contributed by atoms with E-state index in [0.717, 1.165) is 18.5 Å². The summed E-state index contributed by atoms with van der Waals surface area (Å²) in [7, 11) is 0. The lowest BCUT2D eigenvalue weighted by Gasteiger charge is -2.26. The maximum atomic E-state index is 9.73. The summed E-state index contributed by atoms with van der Waals surface area (Å²) in [6.45, 7) is 6.78. The molecule has 2 N–H and O–H groups in total. The van der Waals surface area contributed by atoms with Crippen molar-refractivity contribution in [2.75, 3.05) is 6.54 Å². The van der Waals surface area contributed by atoms with Crippen molar-refractivity contribution in [2.24, 2.45) is 0 Å². The average molecular weight is 189 g/mol. The standard InChI is InChI=1S/C12H15NO/c1-3-10-12-8(2)4-5-11(14)9(12)6-7-13-10/h3-5,10,13-14H,1,6-7H2,2H3. The van der Waals surface area contributed by atoms with Gasteiger partial charge in [-0.3, -0.25) is 0 Å². The van der Waals surface area contributed by atoms with Crippen molar-refractivity contribution < 1.29 is 5.11 Å². The molecule has 1 aliphatic heterocycles. The van der Waals surface area contributed by atoms with E-state index in [2.05, 4.69) is 18.8 Å². The first-order valence-electron chi connectivity index (χ1n) is 4.91. The van der Waals surface area contributed by atoms with Crippen LogP contribution in [0.25, 0.3) is 0 Å². The molecule has 0 saturated heterocycles. The molecular weight excluding hydrogens is 174 g/mol. The monoisotopic (exact) mass is 189 g/mol. The maximum Gasteiger partial charge on any atom is 0.119 e. The van der Waals surface area contributed by atoms with Crippen LogP contribution in [0.4, 0.5) is 0 Å². The van der Waals surface area contributed by atoms with E-state index >= 15 is 0 Å². The Morgan fingerprint density at radius 3 is 3.07 bits per heavy atom. The van der Waals surface area contributed by atoms with Crippen LogP contribution in [0.2, 0.25) is 0 Å². The summed E-state index contributed by atoms with van der Waals surface area (Å²) in [4.78, 5) is 0. The second kappa shape index (κ2) is 3.46. The number of hydrogen-bond donors (Lipinski definition) is 2. The Morgan fingerprint density at radius 2 is 2.36 bits per heavy atom. The van der Waals surface area contributed by atoms with Gasteiger partial charge in [-0.1, -0.05) is 12.1 Å². The fraction of sp³-hybridized carbons (Fsp3) is 0.333. The topological polar surface area (TPSA) is 32.3 Å². The van der Waals surface area contributed by atoms with Crippen molar-refractivity contribution >= 4 is 0 Å². The Labute approximate surface area is 84.3 Å². The van der Waals surface area contributed by atoms with Crippen molar-refractivity contribution in [1.29, 1.82) is 0 Å².